The average Bonchev–Trinajstić information content (AvgIpc) is 2.45. The van der Waals surface area contributed by atoms with Gasteiger partial charge in [0, 0.05) is 6.42 Å². The summed E-state index contributed by atoms with van der Waals surface area (Å²) in [5.41, 5.74) is 0. The van der Waals surface area contributed by atoms with Crippen LogP contribution in [0.1, 0.15) is 25.7 Å². The predicted octanol–water partition coefficient (Wildman–Crippen LogP) is 2.94. The van der Waals surface area contributed by atoms with Crippen molar-refractivity contribution in [1.82, 2.24) is 0 Å². The molecule has 0 nitrogen and oxygen atoms in total. The molecule has 0 aromatic rings. The summed E-state index contributed by atoms with van der Waals surface area (Å²) in [4.78, 5) is 0. The van der Waals surface area contributed by atoms with E-state index in [1.54, 1.807) is 0 Å². The van der Waals surface area contributed by atoms with Crippen molar-refractivity contribution in [2.75, 3.05) is 0 Å². The normalized spacial score (nSPS) is 19.5. The Morgan fingerprint density at radius 1 is 1.40 bits per heavy atom. The molecule has 0 amide bonds. The standard InChI is InChI=1S/C7H10F3/c8-7(9,10)5-1-2-6-3-4-6/h3,6H,1-2,4-5H2. The van der Waals surface area contributed by atoms with Crippen LogP contribution in [0.15, 0.2) is 0 Å². The van der Waals surface area contributed by atoms with Gasteiger partial charge in [0.05, 0.1) is 0 Å². The minimum absolute atomic E-state index is 0.296. The summed E-state index contributed by atoms with van der Waals surface area (Å²) in [6.45, 7) is 0. The number of alkyl halides is 3. The second-order valence-electron chi connectivity index (χ2n) is 2.74. The van der Waals surface area contributed by atoms with Crippen LogP contribution in [0.3, 0.4) is 0 Å². The van der Waals surface area contributed by atoms with Gasteiger partial charge in [-0.05, 0) is 31.6 Å². The molecular formula is C7H10F3. The van der Waals surface area contributed by atoms with Gasteiger partial charge in [0.1, 0.15) is 0 Å². The summed E-state index contributed by atoms with van der Waals surface area (Å²) >= 11 is 0. The first-order valence-corrected chi connectivity index (χ1v) is 3.48. The van der Waals surface area contributed by atoms with E-state index in [0.717, 1.165) is 12.8 Å². The summed E-state index contributed by atoms with van der Waals surface area (Å²) in [5.74, 6) is 0.502. The minimum atomic E-state index is -3.95. The summed E-state index contributed by atoms with van der Waals surface area (Å²) in [6, 6.07) is 0. The van der Waals surface area contributed by atoms with Crippen molar-refractivity contribution in [2.45, 2.75) is 31.9 Å². The molecule has 1 saturated carbocycles. The van der Waals surface area contributed by atoms with Gasteiger partial charge < -0.3 is 0 Å². The van der Waals surface area contributed by atoms with Crippen molar-refractivity contribution >= 4 is 0 Å². The molecule has 0 bridgehead atoms. The molecule has 1 unspecified atom stereocenters. The number of hydrogen-bond acceptors (Lipinski definition) is 0. The fourth-order valence-electron chi connectivity index (χ4n) is 0.897. The maximum Gasteiger partial charge on any atom is 0.389 e. The van der Waals surface area contributed by atoms with Crippen LogP contribution in [0.4, 0.5) is 13.2 Å². The predicted molar refractivity (Wildman–Crippen MR) is 32.3 cm³/mol. The zero-order chi connectivity index (χ0) is 7.61. The fourth-order valence-corrected chi connectivity index (χ4v) is 0.897. The Hall–Kier alpha value is -0.210. The molecular weight excluding hydrogens is 141 g/mol. The Labute approximate surface area is 58.4 Å². The van der Waals surface area contributed by atoms with E-state index in [0.29, 0.717) is 12.3 Å². The molecule has 1 atom stereocenters. The Bertz CT molecular complexity index is 102. The first-order valence-electron chi connectivity index (χ1n) is 3.48. The van der Waals surface area contributed by atoms with Crippen LogP contribution >= 0.6 is 0 Å². The first kappa shape index (κ1) is 7.89. The van der Waals surface area contributed by atoms with Crippen molar-refractivity contribution in [3.63, 3.8) is 0 Å². The Balaban J connectivity index is 1.93. The van der Waals surface area contributed by atoms with E-state index >= 15 is 0 Å². The van der Waals surface area contributed by atoms with Crippen LogP contribution in [0.5, 0.6) is 0 Å². The zero-order valence-electron chi connectivity index (χ0n) is 5.62. The highest BCUT2D eigenvalue weighted by Gasteiger charge is 2.28. The van der Waals surface area contributed by atoms with E-state index in [1.165, 1.54) is 0 Å². The van der Waals surface area contributed by atoms with E-state index in [2.05, 4.69) is 6.42 Å². The SMILES string of the molecule is FC(F)(F)CCCC1[CH]C1. The molecule has 0 saturated heterocycles. The molecule has 1 aliphatic carbocycles. The quantitative estimate of drug-likeness (QED) is 0.581. The lowest BCUT2D eigenvalue weighted by Crippen LogP contribution is -2.06. The van der Waals surface area contributed by atoms with Crippen LogP contribution < -0.4 is 0 Å². The van der Waals surface area contributed by atoms with Gasteiger partial charge in [-0.1, -0.05) is 0 Å². The van der Waals surface area contributed by atoms with Gasteiger partial charge in [-0.3, -0.25) is 0 Å². The van der Waals surface area contributed by atoms with Gasteiger partial charge in [-0.2, -0.15) is 13.2 Å². The molecule has 0 spiro atoms. The maximum atomic E-state index is 11.5. The molecule has 10 heavy (non-hydrogen) atoms. The highest BCUT2D eigenvalue weighted by molar-refractivity contribution is 4.93. The molecule has 0 aromatic carbocycles. The molecule has 0 aromatic heterocycles. The van der Waals surface area contributed by atoms with Crippen LogP contribution in [0.25, 0.3) is 0 Å². The lowest BCUT2D eigenvalue weighted by Gasteiger charge is -2.03. The van der Waals surface area contributed by atoms with Gasteiger partial charge in [-0.15, -0.1) is 0 Å². The zero-order valence-corrected chi connectivity index (χ0v) is 5.62. The van der Waals surface area contributed by atoms with Crippen molar-refractivity contribution in [3.8, 4) is 0 Å². The van der Waals surface area contributed by atoms with Crippen LogP contribution in [-0.2, 0) is 0 Å². The van der Waals surface area contributed by atoms with E-state index in [1.807, 2.05) is 0 Å². The second kappa shape index (κ2) is 2.81. The Kier molecular flexibility index (Phi) is 2.21. The van der Waals surface area contributed by atoms with Crippen molar-refractivity contribution in [2.24, 2.45) is 5.92 Å². The highest BCUT2D eigenvalue weighted by atomic mass is 19.4. The molecule has 1 fully saturated rings. The number of hydrogen-bond donors (Lipinski definition) is 0. The monoisotopic (exact) mass is 151 g/mol. The van der Waals surface area contributed by atoms with E-state index in [9.17, 15) is 13.2 Å². The van der Waals surface area contributed by atoms with Gasteiger partial charge in [0.15, 0.2) is 0 Å². The maximum absolute atomic E-state index is 11.5. The largest absolute Gasteiger partial charge is 0.389 e. The van der Waals surface area contributed by atoms with Crippen molar-refractivity contribution < 1.29 is 13.2 Å². The smallest absolute Gasteiger partial charge is 0.171 e. The number of halogens is 3. The summed E-state index contributed by atoms with van der Waals surface area (Å²) in [6.07, 6.45) is -0.468. The molecule has 1 radical (unpaired) electrons. The van der Waals surface area contributed by atoms with Gasteiger partial charge in [0.2, 0.25) is 0 Å². The molecule has 0 N–H and O–H groups in total. The lowest BCUT2D eigenvalue weighted by atomic mass is 10.2. The summed E-state index contributed by atoms with van der Waals surface area (Å²) < 4.78 is 34.5. The van der Waals surface area contributed by atoms with Crippen LogP contribution in [-0.4, -0.2) is 6.18 Å². The summed E-state index contributed by atoms with van der Waals surface area (Å²) in [7, 11) is 0. The molecule has 1 aliphatic rings. The van der Waals surface area contributed by atoms with Gasteiger partial charge in [0.25, 0.3) is 0 Å². The first-order chi connectivity index (χ1) is 4.58. The van der Waals surface area contributed by atoms with E-state index in [-0.39, 0.29) is 0 Å². The number of rotatable bonds is 3. The van der Waals surface area contributed by atoms with Crippen molar-refractivity contribution in [1.29, 1.82) is 0 Å². The molecule has 59 valence electrons. The third kappa shape index (κ3) is 3.75. The van der Waals surface area contributed by atoms with Crippen molar-refractivity contribution in [3.05, 3.63) is 6.42 Å². The Morgan fingerprint density at radius 2 is 2.00 bits per heavy atom. The van der Waals surface area contributed by atoms with Gasteiger partial charge >= 0.3 is 6.18 Å². The van der Waals surface area contributed by atoms with E-state index < -0.39 is 12.6 Å². The van der Waals surface area contributed by atoms with Crippen LogP contribution in [0.2, 0.25) is 0 Å². The molecule has 0 aliphatic heterocycles. The summed E-state index contributed by atoms with van der Waals surface area (Å²) in [5, 5.41) is 0. The molecule has 1 rings (SSSR count). The third-order valence-corrected chi connectivity index (χ3v) is 1.60. The lowest BCUT2D eigenvalue weighted by molar-refractivity contribution is -0.135. The Morgan fingerprint density at radius 3 is 2.40 bits per heavy atom. The topological polar surface area (TPSA) is 0 Å². The van der Waals surface area contributed by atoms with Gasteiger partial charge in [-0.25, -0.2) is 0 Å². The van der Waals surface area contributed by atoms with E-state index in [4.69, 9.17) is 0 Å². The molecule has 0 heterocycles. The molecule has 3 heteroatoms. The third-order valence-electron chi connectivity index (χ3n) is 1.60. The van der Waals surface area contributed by atoms with Crippen LogP contribution in [0, 0.1) is 12.3 Å². The second-order valence-corrected chi connectivity index (χ2v) is 2.74. The fraction of sp³-hybridized carbons (Fsp3) is 0.857. The highest BCUT2D eigenvalue weighted by Crippen LogP contribution is 2.34. The average molecular weight is 151 g/mol. The minimum Gasteiger partial charge on any atom is -0.171 e.